The summed E-state index contributed by atoms with van der Waals surface area (Å²) in [4.78, 5) is 11.7. The third-order valence-corrected chi connectivity index (χ3v) is 8.79. The van der Waals surface area contributed by atoms with E-state index in [1.807, 2.05) is 74.8 Å². The second-order valence-corrected chi connectivity index (χ2v) is 12.3. The summed E-state index contributed by atoms with van der Waals surface area (Å²) in [6, 6.07) is 15.5. The number of ether oxygens (including phenoxy) is 6. The molecule has 11 nitrogen and oxygen atoms in total. The lowest BCUT2D eigenvalue weighted by atomic mass is 9.89. The van der Waals surface area contributed by atoms with Crippen LogP contribution in [0.2, 0.25) is 0 Å². The van der Waals surface area contributed by atoms with Crippen molar-refractivity contribution in [2.45, 2.75) is 37.8 Å². The van der Waals surface area contributed by atoms with Crippen molar-refractivity contribution in [3.05, 3.63) is 72.1 Å². The van der Waals surface area contributed by atoms with Gasteiger partial charge in [0.05, 0.1) is 54.0 Å². The Morgan fingerprint density at radius 3 is 1.15 bits per heavy atom. The monoisotopic (exact) mass is 659 g/mol. The molecule has 48 heavy (non-hydrogen) atoms. The van der Waals surface area contributed by atoms with E-state index >= 15 is 0 Å². The number of methoxy groups -OCH3 is 6. The molecule has 0 aliphatic heterocycles. The van der Waals surface area contributed by atoms with Crippen LogP contribution in [0.1, 0.15) is 37.8 Å². The zero-order valence-electron chi connectivity index (χ0n) is 29.5. The molecule has 0 radical (unpaired) electrons. The van der Waals surface area contributed by atoms with Gasteiger partial charge in [-0.1, -0.05) is 12.1 Å². The molecule has 0 saturated heterocycles. The summed E-state index contributed by atoms with van der Waals surface area (Å²) < 4.78 is 32.9. The minimum atomic E-state index is -0.576. The molecule has 258 valence electrons. The Balaban J connectivity index is 1.36. The fourth-order valence-corrected chi connectivity index (χ4v) is 5.51. The number of hydrogen-bond donors (Lipinski definition) is 2. The molecule has 0 amide bonds. The lowest BCUT2D eigenvalue weighted by Gasteiger charge is -2.30. The predicted octanol–water partition coefficient (Wildman–Crippen LogP) is 5.62. The molecule has 0 spiro atoms. The summed E-state index contributed by atoms with van der Waals surface area (Å²) in [7, 11) is 11.6. The average molecular weight is 660 g/mol. The van der Waals surface area contributed by atoms with Crippen molar-refractivity contribution in [1.29, 1.82) is 0 Å². The number of benzene rings is 2. The van der Waals surface area contributed by atoms with Gasteiger partial charge in [0.15, 0.2) is 23.0 Å². The van der Waals surface area contributed by atoms with Crippen LogP contribution in [0.15, 0.2) is 60.9 Å². The van der Waals surface area contributed by atoms with E-state index in [1.165, 1.54) is 0 Å². The highest BCUT2D eigenvalue weighted by molar-refractivity contribution is 5.70. The van der Waals surface area contributed by atoms with E-state index in [1.54, 1.807) is 42.7 Å². The van der Waals surface area contributed by atoms with E-state index in [0.717, 1.165) is 59.6 Å². The Morgan fingerprint density at radius 1 is 0.562 bits per heavy atom. The Hall–Kier alpha value is -4.58. The molecule has 0 aliphatic rings. The third kappa shape index (κ3) is 8.10. The molecule has 0 aliphatic carbocycles. The standard InChI is InChI=1S/C37H49N5O6/c1-36(38,26-10-12-28(40-22-26)24-18-30(43-4)34(47-8)31(19-24)44-5)14-16-42(3)17-15-37(2,39)27-11-13-29(41-23-27)25-20-32(45-6)35(48-9)33(21-25)46-7/h10-13,18-23H,14-17,38-39H2,1-9H3. The first-order valence-electron chi connectivity index (χ1n) is 15.7. The largest absolute Gasteiger partial charge is 0.493 e. The summed E-state index contributed by atoms with van der Waals surface area (Å²) in [5.74, 6) is 3.36. The normalized spacial score (nSPS) is 13.8. The Labute approximate surface area is 284 Å². The number of rotatable bonds is 16. The highest BCUT2D eigenvalue weighted by atomic mass is 16.5. The molecular formula is C37H49N5O6. The molecule has 0 saturated carbocycles. The second kappa shape index (κ2) is 15.5. The highest BCUT2D eigenvalue weighted by Gasteiger charge is 2.25. The summed E-state index contributed by atoms with van der Waals surface area (Å²) in [6.07, 6.45) is 5.15. The molecule has 2 aromatic heterocycles. The van der Waals surface area contributed by atoms with Crippen LogP contribution in [-0.2, 0) is 11.1 Å². The maximum atomic E-state index is 6.81. The molecular weight excluding hydrogens is 610 g/mol. The first-order chi connectivity index (χ1) is 22.9. The maximum absolute atomic E-state index is 6.81. The Morgan fingerprint density at radius 2 is 0.896 bits per heavy atom. The van der Waals surface area contributed by atoms with E-state index in [0.29, 0.717) is 34.5 Å². The van der Waals surface area contributed by atoms with E-state index in [2.05, 4.69) is 11.9 Å². The smallest absolute Gasteiger partial charge is 0.203 e. The van der Waals surface area contributed by atoms with Crippen molar-refractivity contribution in [3.8, 4) is 57.0 Å². The SMILES string of the molecule is COc1cc(-c2ccc(C(C)(N)CCN(C)CCC(C)(N)c3ccc(-c4cc(OC)c(OC)c(OC)c4)nc3)cn2)cc(OC)c1OC. The van der Waals surface area contributed by atoms with Gasteiger partial charge < -0.3 is 44.8 Å². The second-order valence-electron chi connectivity index (χ2n) is 12.3. The Bertz CT molecular complexity index is 1490. The first-order valence-corrected chi connectivity index (χ1v) is 15.7. The van der Waals surface area contributed by atoms with E-state index in [-0.39, 0.29) is 0 Å². The van der Waals surface area contributed by atoms with E-state index < -0.39 is 11.1 Å². The van der Waals surface area contributed by atoms with Crippen molar-refractivity contribution in [2.75, 3.05) is 62.8 Å². The summed E-state index contributed by atoms with van der Waals surface area (Å²) in [5, 5.41) is 0. The topological polar surface area (TPSA) is 136 Å². The summed E-state index contributed by atoms with van der Waals surface area (Å²) in [5.41, 5.74) is 17.6. The van der Waals surface area contributed by atoms with Crippen LogP contribution in [0.4, 0.5) is 0 Å². The van der Waals surface area contributed by atoms with Gasteiger partial charge in [0.1, 0.15) is 0 Å². The molecule has 0 fully saturated rings. The first kappa shape index (κ1) is 36.3. The molecule has 2 unspecified atom stereocenters. The quantitative estimate of drug-likeness (QED) is 0.155. The zero-order valence-corrected chi connectivity index (χ0v) is 29.5. The fourth-order valence-electron chi connectivity index (χ4n) is 5.51. The van der Waals surface area contributed by atoms with Gasteiger partial charge in [-0.3, -0.25) is 9.97 Å². The van der Waals surface area contributed by atoms with Crippen LogP contribution in [0, 0.1) is 0 Å². The van der Waals surface area contributed by atoms with Gasteiger partial charge in [-0.2, -0.15) is 0 Å². The average Bonchev–Trinajstić information content (AvgIpc) is 3.11. The molecule has 4 N–H and O–H groups in total. The molecule has 2 atom stereocenters. The van der Waals surface area contributed by atoms with Crippen LogP contribution in [-0.4, -0.2) is 77.7 Å². The van der Waals surface area contributed by atoms with Gasteiger partial charge in [0, 0.05) is 34.6 Å². The van der Waals surface area contributed by atoms with Gasteiger partial charge in [-0.15, -0.1) is 0 Å². The molecule has 4 rings (SSSR count). The molecule has 4 aromatic rings. The number of nitrogens with two attached hydrogens (primary N) is 2. The van der Waals surface area contributed by atoms with Crippen molar-refractivity contribution in [3.63, 3.8) is 0 Å². The summed E-state index contributed by atoms with van der Waals surface area (Å²) in [6.45, 7) is 5.64. The van der Waals surface area contributed by atoms with Gasteiger partial charge >= 0.3 is 0 Å². The van der Waals surface area contributed by atoms with Gasteiger partial charge in [-0.05, 0) is 94.4 Å². The Kier molecular flexibility index (Phi) is 11.7. The molecule has 11 heteroatoms. The minimum Gasteiger partial charge on any atom is -0.493 e. The lowest BCUT2D eigenvalue weighted by Crippen LogP contribution is -2.40. The van der Waals surface area contributed by atoms with Crippen molar-refractivity contribution in [1.82, 2.24) is 14.9 Å². The number of pyridine rings is 2. The summed E-state index contributed by atoms with van der Waals surface area (Å²) >= 11 is 0. The van der Waals surface area contributed by atoms with Crippen molar-refractivity contribution < 1.29 is 28.4 Å². The third-order valence-electron chi connectivity index (χ3n) is 8.79. The number of hydrogen-bond acceptors (Lipinski definition) is 11. The lowest BCUT2D eigenvalue weighted by molar-refractivity contribution is 0.260. The van der Waals surface area contributed by atoms with Crippen LogP contribution < -0.4 is 39.9 Å². The van der Waals surface area contributed by atoms with Crippen LogP contribution >= 0.6 is 0 Å². The van der Waals surface area contributed by atoms with Crippen LogP contribution in [0.25, 0.3) is 22.5 Å². The van der Waals surface area contributed by atoms with Gasteiger partial charge in [0.2, 0.25) is 11.5 Å². The van der Waals surface area contributed by atoms with Gasteiger partial charge in [-0.25, -0.2) is 0 Å². The molecule has 2 heterocycles. The minimum absolute atomic E-state index is 0.538. The van der Waals surface area contributed by atoms with Crippen LogP contribution in [0.3, 0.4) is 0 Å². The zero-order chi connectivity index (χ0) is 35.1. The maximum Gasteiger partial charge on any atom is 0.203 e. The highest BCUT2D eigenvalue weighted by Crippen LogP contribution is 2.42. The number of nitrogens with zero attached hydrogens (tertiary/aromatic N) is 3. The van der Waals surface area contributed by atoms with Crippen molar-refractivity contribution in [2.24, 2.45) is 11.5 Å². The van der Waals surface area contributed by atoms with E-state index in [4.69, 9.17) is 49.9 Å². The van der Waals surface area contributed by atoms with Crippen LogP contribution in [0.5, 0.6) is 34.5 Å². The fraction of sp³-hybridized carbons (Fsp3) is 0.405. The van der Waals surface area contributed by atoms with E-state index in [9.17, 15) is 0 Å². The van der Waals surface area contributed by atoms with Crippen molar-refractivity contribution >= 4 is 0 Å². The number of aromatic nitrogens is 2. The molecule has 0 bridgehead atoms. The predicted molar refractivity (Wildman–Crippen MR) is 188 cm³/mol. The van der Waals surface area contributed by atoms with Gasteiger partial charge in [0.25, 0.3) is 0 Å². The molecule has 2 aromatic carbocycles.